The van der Waals surface area contributed by atoms with Gasteiger partial charge in [-0.3, -0.25) is 4.98 Å². The van der Waals surface area contributed by atoms with Gasteiger partial charge in [0.05, 0.1) is 11.1 Å². The smallest absolute Gasteiger partial charge is 0.336 e. The highest BCUT2D eigenvalue weighted by Gasteiger charge is 2.21. The van der Waals surface area contributed by atoms with Crippen molar-refractivity contribution in [2.75, 3.05) is 13.1 Å². The minimum Gasteiger partial charge on any atom is -0.478 e. The molecule has 0 atom stereocenters. The summed E-state index contributed by atoms with van der Waals surface area (Å²) < 4.78 is 0. The van der Waals surface area contributed by atoms with Gasteiger partial charge in [-0.15, -0.1) is 0 Å². The minimum absolute atomic E-state index is 0.356. The van der Waals surface area contributed by atoms with E-state index in [1.54, 1.807) is 6.07 Å². The predicted octanol–water partition coefficient (Wildman–Crippen LogP) is 3.02. The molecule has 2 heterocycles. The molecule has 0 unspecified atom stereocenters. The molecule has 1 aromatic carbocycles. The van der Waals surface area contributed by atoms with Crippen LogP contribution in [0.1, 0.15) is 45.9 Å². The molecule has 4 nitrogen and oxygen atoms in total. The first-order valence-electron chi connectivity index (χ1n) is 7.42. The highest BCUT2D eigenvalue weighted by molar-refractivity contribution is 6.04. The summed E-state index contributed by atoms with van der Waals surface area (Å²) in [6.45, 7) is 5.92. The van der Waals surface area contributed by atoms with E-state index in [1.807, 2.05) is 26.0 Å². The van der Waals surface area contributed by atoms with Gasteiger partial charge in [0.25, 0.3) is 0 Å². The number of fused-ring (bicyclic) bond motifs is 1. The van der Waals surface area contributed by atoms with Crippen molar-refractivity contribution in [3.05, 3.63) is 40.6 Å². The van der Waals surface area contributed by atoms with Gasteiger partial charge in [-0.2, -0.15) is 0 Å². The quantitative estimate of drug-likeness (QED) is 0.890. The Labute approximate surface area is 124 Å². The Morgan fingerprint density at radius 3 is 2.62 bits per heavy atom. The second-order valence-corrected chi connectivity index (χ2v) is 5.90. The fourth-order valence-corrected chi connectivity index (χ4v) is 3.27. The molecular weight excluding hydrogens is 264 g/mol. The first-order chi connectivity index (χ1) is 10.1. The Kier molecular flexibility index (Phi) is 3.64. The number of aryl methyl sites for hydroxylation is 2. The van der Waals surface area contributed by atoms with Gasteiger partial charge in [0.2, 0.25) is 0 Å². The molecule has 0 saturated carbocycles. The number of hydrogen-bond donors (Lipinski definition) is 2. The third kappa shape index (κ3) is 2.63. The van der Waals surface area contributed by atoms with E-state index in [9.17, 15) is 9.90 Å². The molecular formula is C17H20N2O2. The van der Waals surface area contributed by atoms with Crippen LogP contribution in [0.5, 0.6) is 0 Å². The number of benzene rings is 1. The van der Waals surface area contributed by atoms with Gasteiger partial charge in [0, 0.05) is 17.0 Å². The molecule has 0 aliphatic carbocycles. The highest BCUT2D eigenvalue weighted by atomic mass is 16.4. The SMILES string of the molecule is Cc1cc(C)c2c(C(=O)O)cc(C3CCNCC3)nc2c1. The van der Waals surface area contributed by atoms with Gasteiger partial charge < -0.3 is 10.4 Å². The lowest BCUT2D eigenvalue weighted by Crippen LogP contribution is -2.27. The van der Waals surface area contributed by atoms with Gasteiger partial charge in [0.15, 0.2) is 0 Å². The number of rotatable bonds is 2. The van der Waals surface area contributed by atoms with Gasteiger partial charge in [-0.1, -0.05) is 6.07 Å². The Morgan fingerprint density at radius 2 is 1.95 bits per heavy atom. The maximum Gasteiger partial charge on any atom is 0.336 e. The lowest BCUT2D eigenvalue weighted by atomic mass is 9.91. The predicted molar refractivity (Wildman–Crippen MR) is 83.0 cm³/mol. The Morgan fingerprint density at radius 1 is 1.24 bits per heavy atom. The van der Waals surface area contributed by atoms with E-state index in [0.717, 1.165) is 53.7 Å². The molecule has 3 rings (SSSR count). The summed E-state index contributed by atoms with van der Waals surface area (Å²) in [5.74, 6) is -0.515. The number of nitrogens with one attached hydrogen (secondary N) is 1. The van der Waals surface area contributed by atoms with Crippen molar-refractivity contribution in [3.63, 3.8) is 0 Å². The molecule has 1 aromatic heterocycles. The van der Waals surface area contributed by atoms with Crippen LogP contribution in [0.2, 0.25) is 0 Å². The van der Waals surface area contributed by atoms with E-state index in [2.05, 4.69) is 5.32 Å². The number of carboxylic acid groups (broad SMARTS) is 1. The van der Waals surface area contributed by atoms with Gasteiger partial charge in [0.1, 0.15) is 0 Å². The van der Waals surface area contributed by atoms with Crippen molar-refractivity contribution < 1.29 is 9.90 Å². The summed E-state index contributed by atoms with van der Waals surface area (Å²) in [4.78, 5) is 16.4. The summed E-state index contributed by atoms with van der Waals surface area (Å²) in [5.41, 5.74) is 4.21. The molecule has 0 spiro atoms. The van der Waals surface area contributed by atoms with Crippen LogP contribution in [0, 0.1) is 13.8 Å². The van der Waals surface area contributed by atoms with E-state index in [-0.39, 0.29) is 0 Å². The van der Waals surface area contributed by atoms with Crippen molar-refractivity contribution in [2.45, 2.75) is 32.6 Å². The minimum atomic E-state index is -0.871. The van der Waals surface area contributed by atoms with E-state index >= 15 is 0 Å². The summed E-state index contributed by atoms with van der Waals surface area (Å²) in [6, 6.07) is 5.78. The Bertz CT molecular complexity index is 703. The summed E-state index contributed by atoms with van der Waals surface area (Å²) in [5, 5.41) is 13.7. The molecule has 2 aromatic rings. The van der Waals surface area contributed by atoms with Crippen molar-refractivity contribution in [1.29, 1.82) is 0 Å². The molecule has 21 heavy (non-hydrogen) atoms. The van der Waals surface area contributed by atoms with Crippen LogP contribution in [0.15, 0.2) is 18.2 Å². The molecule has 0 radical (unpaired) electrons. The standard InChI is InChI=1S/C17H20N2O2/c1-10-7-11(2)16-13(17(20)21)9-14(19-15(16)8-10)12-3-5-18-6-4-12/h7-9,12,18H,3-6H2,1-2H3,(H,20,21). The molecule has 4 heteroatoms. The summed E-state index contributed by atoms with van der Waals surface area (Å²) in [6.07, 6.45) is 2.03. The second-order valence-electron chi connectivity index (χ2n) is 5.90. The Balaban J connectivity index is 2.21. The number of pyridine rings is 1. The summed E-state index contributed by atoms with van der Waals surface area (Å²) >= 11 is 0. The average Bonchev–Trinajstić information content (AvgIpc) is 2.46. The zero-order chi connectivity index (χ0) is 15.0. The van der Waals surface area contributed by atoms with Gasteiger partial charge in [-0.05, 0) is 63.0 Å². The molecule has 1 saturated heterocycles. The molecule has 110 valence electrons. The van der Waals surface area contributed by atoms with Crippen LogP contribution in [-0.4, -0.2) is 29.1 Å². The first kappa shape index (κ1) is 14.0. The number of carbonyl (C=O) groups is 1. The number of aromatic nitrogens is 1. The lowest BCUT2D eigenvalue weighted by Gasteiger charge is -2.23. The van der Waals surface area contributed by atoms with Crippen LogP contribution < -0.4 is 5.32 Å². The number of nitrogens with zero attached hydrogens (tertiary/aromatic N) is 1. The van der Waals surface area contributed by atoms with E-state index < -0.39 is 5.97 Å². The summed E-state index contributed by atoms with van der Waals surface area (Å²) in [7, 11) is 0. The maximum absolute atomic E-state index is 11.6. The van der Waals surface area contributed by atoms with Crippen LogP contribution in [0.3, 0.4) is 0 Å². The number of piperidine rings is 1. The molecule has 2 N–H and O–H groups in total. The van der Waals surface area contributed by atoms with Crippen molar-refractivity contribution in [2.24, 2.45) is 0 Å². The largest absolute Gasteiger partial charge is 0.478 e. The molecule has 0 amide bonds. The fraction of sp³-hybridized carbons (Fsp3) is 0.412. The van der Waals surface area contributed by atoms with Crippen LogP contribution in [0.25, 0.3) is 10.9 Å². The first-order valence-corrected chi connectivity index (χ1v) is 7.42. The monoisotopic (exact) mass is 284 g/mol. The van der Waals surface area contributed by atoms with Gasteiger partial charge in [-0.25, -0.2) is 4.79 Å². The molecule has 0 bridgehead atoms. The lowest BCUT2D eigenvalue weighted by molar-refractivity contribution is 0.0698. The third-order valence-corrected chi connectivity index (χ3v) is 4.26. The van der Waals surface area contributed by atoms with Gasteiger partial charge >= 0.3 is 5.97 Å². The second kappa shape index (κ2) is 5.45. The van der Waals surface area contributed by atoms with E-state index in [4.69, 9.17) is 4.98 Å². The van der Waals surface area contributed by atoms with Crippen LogP contribution >= 0.6 is 0 Å². The van der Waals surface area contributed by atoms with Crippen LogP contribution in [0.4, 0.5) is 0 Å². The highest BCUT2D eigenvalue weighted by Crippen LogP contribution is 2.30. The Hall–Kier alpha value is -1.94. The number of carboxylic acids is 1. The topological polar surface area (TPSA) is 62.2 Å². The van der Waals surface area contributed by atoms with Crippen molar-refractivity contribution >= 4 is 16.9 Å². The zero-order valence-electron chi connectivity index (χ0n) is 12.4. The van der Waals surface area contributed by atoms with Crippen LogP contribution in [-0.2, 0) is 0 Å². The normalized spacial score (nSPS) is 16.3. The van der Waals surface area contributed by atoms with Crippen molar-refractivity contribution in [3.8, 4) is 0 Å². The zero-order valence-corrected chi connectivity index (χ0v) is 12.4. The van der Waals surface area contributed by atoms with E-state index in [0.29, 0.717) is 11.5 Å². The third-order valence-electron chi connectivity index (χ3n) is 4.26. The average molecular weight is 284 g/mol. The van der Waals surface area contributed by atoms with Crippen molar-refractivity contribution in [1.82, 2.24) is 10.3 Å². The van der Waals surface area contributed by atoms with E-state index in [1.165, 1.54) is 0 Å². The maximum atomic E-state index is 11.6. The molecule has 1 aliphatic heterocycles. The number of hydrogen-bond acceptors (Lipinski definition) is 3. The molecule has 1 fully saturated rings. The fourth-order valence-electron chi connectivity index (χ4n) is 3.27. The molecule has 1 aliphatic rings. The number of aromatic carboxylic acids is 1.